The highest BCUT2D eigenvalue weighted by molar-refractivity contribution is 8.00. The Morgan fingerprint density at radius 1 is 1.50 bits per heavy atom. The van der Waals surface area contributed by atoms with Gasteiger partial charge in [0, 0.05) is 24.4 Å². The zero-order chi connectivity index (χ0) is 12.7. The Bertz CT molecular complexity index is 602. The minimum atomic E-state index is -0.00505. The predicted molar refractivity (Wildman–Crippen MR) is 69.5 cm³/mol. The van der Waals surface area contributed by atoms with E-state index in [-0.39, 0.29) is 11.2 Å². The van der Waals surface area contributed by atoms with Gasteiger partial charge < -0.3 is 5.32 Å². The fourth-order valence-corrected chi connectivity index (χ4v) is 3.31. The summed E-state index contributed by atoms with van der Waals surface area (Å²) >= 11 is 1.59. The van der Waals surface area contributed by atoms with Gasteiger partial charge in [0.25, 0.3) is 0 Å². The highest BCUT2D eigenvalue weighted by Crippen LogP contribution is 2.41. The molecule has 1 atom stereocenters. The van der Waals surface area contributed by atoms with E-state index in [0.717, 1.165) is 16.8 Å². The van der Waals surface area contributed by atoms with Crippen LogP contribution in [0.2, 0.25) is 0 Å². The number of aromatic amines is 1. The molecule has 2 N–H and O–H groups in total. The van der Waals surface area contributed by atoms with Gasteiger partial charge in [0.15, 0.2) is 0 Å². The van der Waals surface area contributed by atoms with Crippen molar-refractivity contribution in [2.75, 3.05) is 11.1 Å². The SMILES string of the molecule is Cc1nn(C)cc1C1SCC(=O)Nc2[nH]ncc21. The van der Waals surface area contributed by atoms with E-state index in [1.54, 1.807) is 22.6 Å². The molecule has 0 saturated carbocycles. The molecule has 2 aromatic heterocycles. The number of H-pyrrole nitrogens is 1. The molecule has 0 spiro atoms. The number of hydrogen-bond acceptors (Lipinski definition) is 4. The fourth-order valence-electron chi connectivity index (χ4n) is 2.15. The van der Waals surface area contributed by atoms with E-state index in [0.29, 0.717) is 11.6 Å². The number of aryl methyl sites for hydroxylation is 2. The van der Waals surface area contributed by atoms with Gasteiger partial charge >= 0.3 is 0 Å². The molecule has 1 unspecified atom stereocenters. The normalized spacial score (nSPS) is 19.2. The summed E-state index contributed by atoms with van der Waals surface area (Å²) in [5, 5.41) is 14.1. The predicted octanol–water partition coefficient (Wildman–Crippen LogP) is 1.23. The van der Waals surface area contributed by atoms with Gasteiger partial charge in [-0.15, -0.1) is 11.8 Å². The largest absolute Gasteiger partial charge is 0.310 e. The molecule has 1 aliphatic heterocycles. The molecular formula is C11H13N5OS. The van der Waals surface area contributed by atoms with E-state index in [1.807, 2.05) is 20.2 Å². The van der Waals surface area contributed by atoms with Crippen LogP contribution < -0.4 is 5.32 Å². The number of nitrogens with one attached hydrogen (secondary N) is 2. The van der Waals surface area contributed by atoms with Crippen molar-refractivity contribution in [3.05, 3.63) is 29.2 Å². The van der Waals surface area contributed by atoms with Crippen LogP contribution in [-0.2, 0) is 11.8 Å². The zero-order valence-electron chi connectivity index (χ0n) is 10.1. The molecule has 0 aliphatic carbocycles. The van der Waals surface area contributed by atoms with Crippen LogP contribution in [-0.4, -0.2) is 31.6 Å². The molecule has 3 heterocycles. The number of amides is 1. The van der Waals surface area contributed by atoms with Crippen LogP contribution in [0.25, 0.3) is 0 Å². The average Bonchev–Trinajstić information content (AvgIpc) is 2.84. The monoisotopic (exact) mass is 263 g/mol. The molecule has 1 amide bonds. The Morgan fingerprint density at radius 3 is 3.06 bits per heavy atom. The van der Waals surface area contributed by atoms with Crippen LogP contribution in [0.5, 0.6) is 0 Å². The fraction of sp³-hybridized carbons (Fsp3) is 0.364. The number of anilines is 1. The van der Waals surface area contributed by atoms with Crippen LogP contribution in [0.4, 0.5) is 5.82 Å². The van der Waals surface area contributed by atoms with Crippen molar-refractivity contribution in [2.45, 2.75) is 12.2 Å². The molecule has 94 valence electrons. The molecule has 6 nitrogen and oxygen atoms in total. The highest BCUT2D eigenvalue weighted by atomic mass is 32.2. The number of hydrogen-bond donors (Lipinski definition) is 2. The van der Waals surface area contributed by atoms with Gasteiger partial charge in [0.2, 0.25) is 5.91 Å². The highest BCUT2D eigenvalue weighted by Gasteiger charge is 2.27. The van der Waals surface area contributed by atoms with Crippen molar-refractivity contribution >= 4 is 23.5 Å². The van der Waals surface area contributed by atoms with E-state index in [9.17, 15) is 4.79 Å². The summed E-state index contributed by atoms with van der Waals surface area (Å²) in [6, 6.07) is 0. The summed E-state index contributed by atoms with van der Waals surface area (Å²) < 4.78 is 1.80. The van der Waals surface area contributed by atoms with E-state index in [2.05, 4.69) is 20.6 Å². The number of aromatic nitrogens is 4. The lowest BCUT2D eigenvalue weighted by molar-refractivity contribution is -0.113. The minimum absolute atomic E-state index is 0.00505. The molecule has 0 saturated heterocycles. The Balaban J connectivity index is 2.08. The van der Waals surface area contributed by atoms with E-state index < -0.39 is 0 Å². The van der Waals surface area contributed by atoms with Crippen LogP contribution in [0.3, 0.4) is 0 Å². The number of thioether (sulfide) groups is 1. The second-order valence-electron chi connectivity index (χ2n) is 4.28. The first-order valence-electron chi connectivity index (χ1n) is 5.60. The molecule has 3 rings (SSSR count). The van der Waals surface area contributed by atoms with Gasteiger partial charge in [-0.1, -0.05) is 0 Å². The summed E-state index contributed by atoms with van der Waals surface area (Å²) in [4.78, 5) is 11.6. The van der Waals surface area contributed by atoms with E-state index in [1.165, 1.54) is 0 Å². The van der Waals surface area contributed by atoms with Gasteiger partial charge in [-0.05, 0) is 6.92 Å². The topological polar surface area (TPSA) is 75.6 Å². The number of rotatable bonds is 1. The third-order valence-corrected chi connectivity index (χ3v) is 4.20. The smallest absolute Gasteiger partial charge is 0.235 e. The van der Waals surface area contributed by atoms with Gasteiger partial charge in [-0.3, -0.25) is 14.6 Å². The van der Waals surface area contributed by atoms with Crippen LogP contribution in [0.15, 0.2) is 12.4 Å². The summed E-state index contributed by atoms with van der Waals surface area (Å²) in [5.41, 5.74) is 3.11. The summed E-state index contributed by atoms with van der Waals surface area (Å²) in [6.07, 6.45) is 3.77. The molecule has 2 aromatic rings. The second kappa shape index (κ2) is 4.16. The maximum Gasteiger partial charge on any atom is 0.235 e. The first kappa shape index (κ1) is 11.3. The Hall–Kier alpha value is -1.76. The number of nitrogens with zero attached hydrogens (tertiary/aromatic N) is 3. The minimum Gasteiger partial charge on any atom is -0.310 e. The lowest BCUT2D eigenvalue weighted by Gasteiger charge is -2.11. The van der Waals surface area contributed by atoms with Crippen molar-refractivity contribution in [3.63, 3.8) is 0 Å². The Kier molecular flexibility index (Phi) is 2.62. The maximum atomic E-state index is 11.6. The lowest BCUT2D eigenvalue weighted by atomic mass is 10.1. The van der Waals surface area contributed by atoms with Gasteiger partial charge in [-0.2, -0.15) is 10.2 Å². The van der Waals surface area contributed by atoms with E-state index in [4.69, 9.17) is 0 Å². The van der Waals surface area contributed by atoms with Gasteiger partial charge in [0.1, 0.15) is 5.82 Å². The van der Waals surface area contributed by atoms with Crippen LogP contribution in [0, 0.1) is 6.92 Å². The average molecular weight is 263 g/mol. The summed E-state index contributed by atoms with van der Waals surface area (Å²) in [6.45, 7) is 1.98. The van der Waals surface area contributed by atoms with Crippen LogP contribution >= 0.6 is 11.8 Å². The van der Waals surface area contributed by atoms with Crippen molar-refractivity contribution < 1.29 is 4.79 Å². The molecule has 7 heteroatoms. The Morgan fingerprint density at radius 2 is 2.33 bits per heavy atom. The molecule has 0 radical (unpaired) electrons. The zero-order valence-corrected chi connectivity index (χ0v) is 10.9. The van der Waals surface area contributed by atoms with Crippen molar-refractivity contribution in [1.82, 2.24) is 20.0 Å². The molecule has 1 aliphatic rings. The molecule has 0 fully saturated rings. The molecule has 0 bridgehead atoms. The van der Waals surface area contributed by atoms with Crippen molar-refractivity contribution in [3.8, 4) is 0 Å². The van der Waals surface area contributed by atoms with Gasteiger partial charge in [-0.25, -0.2) is 0 Å². The maximum absolute atomic E-state index is 11.6. The summed E-state index contributed by atoms with van der Waals surface area (Å²) in [5.74, 6) is 1.12. The Labute approximate surface area is 108 Å². The lowest BCUT2D eigenvalue weighted by Crippen LogP contribution is -2.12. The molecule has 18 heavy (non-hydrogen) atoms. The van der Waals surface area contributed by atoms with Gasteiger partial charge in [0.05, 0.1) is 22.9 Å². The third kappa shape index (κ3) is 1.80. The first-order chi connectivity index (χ1) is 8.65. The number of carbonyl (C=O) groups is 1. The third-order valence-electron chi connectivity index (χ3n) is 2.93. The standard InChI is InChI=1S/C11H13N5OS/c1-6-8(4-16(2)15-6)10-7-3-12-14-11(7)13-9(17)5-18-10/h3-4,10H,5H2,1-2H3,(H2,12,13,14,17). The number of fused-ring (bicyclic) bond motifs is 1. The molecule has 0 aromatic carbocycles. The quantitative estimate of drug-likeness (QED) is 0.811. The van der Waals surface area contributed by atoms with Crippen molar-refractivity contribution in [1.29, 1.82) is 0 Å². The second-order valence-corrected chi connectivity index (χ2v) is 5.38. The number of carbonyl (C=O) groups excluding carboxylic acids is 1. The van der Waals surface area contributed by atoms with Crippen LogP contribution in [0.1, 0.15) is 22.1 Å². The molecular weight excluding hydrogens is 250 g/mol. The first-order valence-corrected chi connectivity index (χ1v) is 6.65. The summed E-state index contributed by atoms with van der Waals surface area (Å²) in [7, 11) is 1.90. The van der Waals surface area contributed by atoms with Crippen molar-refractivity contribution in [2.24, 2.45) is 7.05 Å². The van der Waals surface area contributed by atoms with E-state index >= 15 is 0 Å².